The normalized spacial score (nSPS) is 15.9. The van der Waals surface area contributed by atoms with Gasteiger partial charge < -0.3 is 97.8 Å². The standard InChI is InChI=1S/C67H124N18O15/c1-18-38(12)53(71)67(100)85-51(32-52(70)86)66(99)84-50(31-37(10)11)64(97)79-45(24-20-22-26-69)61(94)75-42(16)58(91)82-47(28-34(4)5)62(95)76-39(13)55(88)73-40(14)57(90)81-48(29-35(6)7)63(96)77-41(15)56(89)78-44(23-19-21-25-68)60(93)74-43(17)59(92)83-49(30-36(8)9)65(98)80-46(54(72)87)27-33(2)3/h33-51,53H,18-32,68-69,71H2,1-17H3,(H2,70,86)(H2,72,87)(H,73,88)(H,74,93)(H,75,94)(H,76,95)(H,77,96)(H,78,89)(H,79,97)(H,80,98)(H,81,90)(H,82,91)(H,83,92)(H,84,99)(H,85,100)/t38-,39-,40+,41+,42-,43-,44-,45+,46+,47-,48-,49+,50-,51-,53+/m1/s1. The van der Waals surface area contributed by atoms with Crippen LogP contribution in [0.5, 0.6) is 0 Å². The maximum Gasteiger partial charge on any atom is 0.243 e. The van der Waals surface area contributed by atoms with Crippen molar-refractivity contribution in [1.82, 2.24) is 69.1 Å². The number of rotatable bonds is 49. The third kappa shape index (κ3) is 36.3. The van der Waals surface area contributed by atoms with E-state index >= 15 is 0 Å². The van der Waals surface area contributed by atoms with Crippen LogP contribution < -0.4 is 97.8 Å². The van der Waals surface area contributed by atoms with Crippen LogP contribution in [0, 0.1) is 35.5 Å². The van der Waals surface area contributed by atoms with Crippen LogP contribution in [-0.4, -0.2) is 186 Å². The fraction of sp³-hybridized carbons (Fsp3) is 0.776. The van der Waals surface area contributed by atoms with Gasteiger partial charge >= 0.3 is 0 Å². The SMILES string of the molecule is CC[C@@H](C)[C@H](N)C(=O)N[C@H](CC(N)=O)C(=O)N[C@H](CC(C)C)C(=O)N[C@@H](CCCCN)C(=O)N[C@H](C)C(=O)N[C@H](CC(C)C)C(=O)N[C@H](C)C(=O)N[C@@H](C)C(=O)N[C@H](CC(C)C)C(=O)N[C@@H](C)C(=O)N[C@H](CCCCN)C(=O)N[C@H](C)C(=O)N[C@@H](CC(C)C)C(=O)N[C@@H](CC(C)C)C(N)=O. The predicted octanol–water partition coefficient (Wildman–Crippen LogP) is -2.39. The number of unbranched alkanes of at least 4 members (excludes halogenated alkanes) is 2. The molecule has 572 valence electrons. The molecule has 0 aliphatic carbocycles. The van der Waals surface area contributed by atoms with Crippen molar-refractivity contribution in [3.8, 4) is 0 Å². The molecule has 0 heterocycles. The number of carbonyl (C=O) groups excluding carboxylic acids is 15. The van der Waals surface area contributed by atoms with Gasteiger partial charge in [0.2, 0.25) is 88.6 Å². The van der Waals surface area contributed by atoms with Crippen molar-refractivity contribution in [2.75, 3.05) is 13.1 Å². The number of nitrogens with one attached hydrogen (secondary N) is 13. The summed E-state index contributed by atoms with van der Waals surface area (Å²) >= 11 is 0. The largest absolute Gasteiger partial charge is 0.370 e. The first kappa shape index (κ1) is 91.9. The average molecular weight is 1420 g/mol. The lowest BCUT2D eigenvalue weighted by Gasteiger charge is -2.28. The molecule has 0 unspecified atom stereocenters. The molecule has 0 radical (unpaired) electrons. The third-order valence-corrected chi connectivity index (χ3v) is 16.2. The number of amides is 15. The molecule has 0 aliphatic heterocycles. The molecule has 15 amide bonds. The van der Waals surface area contributed by atoms with Gasteiger partial charge in [0.05, 0.1) is 12.5 Å². The summed E-state index contributed by atoms with van der Waals surface area (Å²) in [6.07, 6.45) is 2.43. The minimum atomic E-state index is -1.48. The number of hydrogen-bond acceptors (Lipinski definition) is 18. The van der Waals surface area contributed by atoms with Gasteiger partial charge in [0.1, 0.15) is 78.5 Å². The molecule has 0 aromatic heterocycles. The fourth-order valence-electron chi connectivity index (χ4n) is 10.2. The topological polar surface area (TPSA) is 543 Å². The number of nitrogens with two attached hydrogens (primary N) is 5. The van der Waals surface area contributed by atoms with E-state index in [-0.39, 0.29) is 93.5 Å². The van der Waals surface area contributed by atoms with Crippen molar-refractivity contribution in [3.63, 3.8) is 0 Å². The molecule has 0 spiro atoms. The minimum absolute atomic E-state index is 0.0208. The molecule has 0 aromatic rings. The summed E-state index contributed by atoms with van der Waals surface area (Å²) in [6, 6.07) is -17.2. The van der Waals surface area contributed by atoms with E-state index in [0.717, 1.165) is 0 Å². The Labute approximate surface area is 590 Å². The molecule has 0 aliphatic rings. The molecule has 0 aromatic carbocycles. The van der Waals surface area contributed by atoms with Gasteiger partial charge in [-0.05, 0) is 154 Å². The third-order valence-electron chi connectivity index (χ3n) is 16.2. The summed E-state index contributed by atoms with van der Waals surface area (Å²) in [5, 5.41) is 33.7. The van der Waals surface area contributed by atoms with Gasteiger partial charge in [-0.3, -0.25) is 71.9 Å². The first-order chi connectivity index (χ1) is 46.5. The molecule has 0 rings (SSSR count). The molecule has 100 heavy (non-hydrogen) atoms. The van der Waals surface area contributed by atoms with E-state index in [9.17, 15) is 71.9 Å². The first-order valence-electron chi connectivity index (χ1n) is 35.2. The van der Waals surface area contributed by atoms with E-state index in [1.807, 2.05) is 34.6 Å². The second kappa shape index (κ2) is 47.1. The number of carbonyl (C=O) groups is 15. The van der Waals surface area contributed by atoms with Crippen LogP contribution >= 0.6 is 0 Å². The van der Waals surface area contributed by atoms with E-state index in [4.69, 9.17) is 28.7 Å². The highest BCUT2D eigenvalue weighted by Crippen LogP contribution is 2.14. The Balaban J connectivity index is 6.20. The summed E-state index contributed by atoms with van der Waals surface area (Å²) in [4.78, 5) is 202. The van der Waals surface area contributed by atoms with Crippen molar-refractivity contribution in [2.45, 2.75) is 286 Å². The summed E-state index contributed by atoms with van der Waals surface area (Å²) in [5.74, 6) is -12.6. The summed E-state index contributed by atoms with van der Waals surface area (Å²) in [7, 11) is 0. The van der Waals surface area contributed by atoms with Gasteiger partial charge in [-0.2, -0.15) is 0 Å². The molecule has 33 nitrogen and oxygen atoms in total. The Bertz CT molecular complexity index is 2720. The van der Waals surface area contributed by atoms with Gasteiger partial charge in [-0.1, -0.05) is 89.5 Å². The second-order valence-corrected chi connectivity index (χ2v) is 28.3. The van der Waals surface area contributed by atoms with Crippen LogP contribution in [0.2, 0.25) is 0 Å². The van der Waals surface area contributed by atoms with Crippen LogP contribution in [0.15, 0.2) is 0 Å². The highest BCUT2D eigenvalue weighted by Gasteiger charge is 2.37. The minimum Gasteiger partial charge on any atom is -0.370 e. The molecular weight excluding hydrogens is 1300 g/mol. The lowest BCUT2D eigenvalue weighted by atomic mass is 9.98. The van der Waals surface area contributed by atoms with Crippen molar-refractivity contribution < 1.29 is 71.9 Å². The molecule has 15 atom stereocenters. The summed E-state index contributed by atoms with van der Waals surface area (Å²) in [6.45, 7) is 29.0. The van der Waals surface area contributed by atoms with Crippen LogP contribution in [0.3, 0.4) is 0 Å². The molecular formula is C67H124N18O15. The average Bonchev–Trinajstić information content (AvgIpc) is 0.872. The molecule has 33 heteroatoms. The zero-order valence-corrected chi connectivity index (χ0v) is 62.2. The van der Waals surface area contributed by atoms with Crippen LogP contribution in [-0.2, 0) is 71.9 Å². The Morgan fingerprint density at radius 1 is 0.280 bits per heavy atom. The maximum absolute atomic E-state index is 14.0. The van der Waals surface area contributed by atoms with Gasteiger partial charge in [0, 0.05) is 0 Å². The molecule has 0 saturated heterocycles. The summed E-state index contributed by atoms with van der Waals surface area (Å²) < 4.78 is 0. The monoisotopic (exact) mass is 1420 g/mol. The smallest absolute Gasteiger partial charge is 0.243 e. The molecule has 0 saturated carbocycles. The van der Waals surface area contributed by atoms with E-state index in [1.165, 1.54) is 34.6 Å². The Hall–Kier alpha value is -8.07. The molecule has 0 bridgehead atoms. The lowest BCUT2D eigenvalue weighted by Crippen LogP contribution is -2.60. The first-order valence-corrected chi connectivity index (χ1v) is 35.2. The highest BCUT2D eigenvalue weighted by atomic mass is 16.2. The van der Waals surface area contributed by atoms with Gasteiger partial charge in [-0.15, -0.1) is 0 Å². The summed E-state index contributed by atoms with van der Waals surface area (Å²) in [5.41, 5.74) is 28.5. The number of primary amides is 2. The molecule has 23 N–H and O–H groups in total. The van der Waals surface area contributed by atoms with E-state index in [2.05, 4.69) is 69.1 Å². The van der Waals surface area contributed by atoms with Gasteiger partial charge in [-0.25, -0.2) is 0 Å². The second-order valence-electron chi connectivity index (χ2n) is 28.3. The fourth-order valence-corrected chi connectivity index (χ4v) is 10.2. The molecule has 0 fully saturated rings. The van der Waals surface area contributed by atoms with Crippen molar-refractivity contribution in [1.29, 1.82) is 0 Å². The van der Waals surface area contributed by atoms with Crippen LogP contribution in [0.4, 0.5) is 0 Å². The Morgan fingerprint density at radius 2 is 0.500 bits per heavy atom. The van der Waals surface area contributed by atoms with E-state index in [1.54, 1.807) is 48.5 Å². The van der Waals surface area contributed by atoms with Crippen molar-refractivity contribution >= 4 is 88.6 Å². The van der Waals surface area contributed by atoms with Gasteiger partial charge in [0.25, 0.3) is 0 Å². The van der Waals surface area contributed by atoms with Crippen molar-refractivity contribution in [2.24, 2.45) is 64.2 Å². The van der Waals surface area contributed by atoms with Crippen molar-refractivity contribution in [3.05, 3.63) is 0 Å². The number of hydrogen-bond donors (Lipinski definition) is 18. The quantitative estimate of drug-likeness (QED) is 0.0283. The predicted molar refractivity (Wildman–Crippen MR) is 377 cm³/mol. The maximum atomic E-state index is 14.0. The Morgan fingerprint density at radius 3 is 0.780 bits per heavy atom. The van der Waals surface area contributed by atoms with Crippen LogP contribution in [0.1, 0.15) is 201 Å². The Kier molecular flexibility index (Phi) is 43.3. The lowest BCUT2D eigenvalue weighted by molar-refractivity contribution is -0.136. The van der Waals surface area contributed by atoms with E-state index in [0.29, 0.717) is 32.1 Å². The van der Waals surface area contributed by atoms with Gasteiger partial charge in [0.15, 0.2) is 0 Å². The van der Waals surface area contributed by atoms with Crippen LogP contribution in [0.25, 0.3) is 0 Å². The highest BCUT2D eigenvalue weighted by molar-refractivity contribution is 6.00. The zero-order valence-electron chi connectivity index (χ0n) is 62.2. The zero-order chi connectivity index (χ0) is 77.0. The van der Waals surface area contributed by atoms with E-state index < -0.39 is 180 Å².